The van der Waals surface area contributed by atoms with Crippen molar-refractivity contribution in [3.8, 4) is 0 Å². The lowest BCUT2D eigenvalue weighted by atomic mass is 10.1. The minimum absolute atomic E-state index is 0.750. The maximum Gasteiger partial charge on any atom is 0.00669 e. The molecule has 13 heavy (non-hydrogen) atoms. The summed E-state index contributed by atoms with van der Waals surface area (Å²) in [6.45, 7) is 7.73. The molecule has 0 aliphatic heterocycles. The van der Waals surface area contributed by atoms with Crippen LogP contribution in [0.3, 0.4) is 0 Å². The van der Waals surface area contributed by atoms with Gasteiger partial charge < -0.3 is 5.32 Å². The van der Waals surface area contributed by atoms with Gasteiger partial charge in [0.05, 0.1) is 0 Å². The number of hydrogen-bond donors (Lipinski definition) is 1. The van der Waals surface area contributed by atoms with Crippen molar-refractivity contribution in [2.45, 2.75) is 58.9 Å². The van der Waals surface area contributed by atoms with Crippen molar-refractivity contribution in [2.24, 2.45) is 0 Å². The van der Waals surface area contributed by atoms with Crippen LogP contribution in [-0.4, -0.2) is 12.6 Å². The summed E-state index contributed by atoms with van der Waals surface area (Å²) in [5.74, 6) is 0. The van der Waals surface area contributed by atoms with E-state index in [4.69, 9.17) is 0 Å². The molecule has 0 bridgehead atoms. The Morgan fingerprint density at radius 1 is 1.15 bits per heavy atom. The molecule has 0 aliphatic rings. The van der Waals surface area contributed by atoms with Crippen LogP contribution >= 0.6 is 0 Å². The van der Waals surface area contributed by atoms with Gasteiger partial charge >= 0.3 is 0 Å². The fraction of sp³-hybridized carbons (Fsp3) is 0.833. The Morgan fingerprint density at radius 2 is 1.77 bits per heavy atom. The Kier molecular flexibility index (Phi) is 9.56. The summed E-state index contributed by atoms with van der Waals surface area (Å²) in [4.78, 5) is 0. The summed E-state index contributed by atoms with van der Waals surface area (Å²) < 4.78 is 0. The Balaban J connectivity index is 3.43. The highest BCUT2D eigenvalue weighted by Gasteiger charge is 2.03. The van der Waals surface area contributed by atoms with E-state index in [1.54, 1.807) is 0 Å². The Hall–Kier alpha value is -0.300. The highest BCUT2D eigenvalue weighted by molar-refractivity contribution is 4.78. The molecular formula is C12H25N. The topological polar surface area (TPSA) is 12.0 Å². The van der Waals surface area contributed by atoms with Gasteiger partial charge in [0.2, 0.25) is 0 Å². The van der Waals surface area contributed by atoms with Gasteiger partial charge in [-0.1, -0.05) is 38.8 Å². The number of allylic oxidation sites excluding steroid dienone is 1. The zero-order chi connectivity index (χ0) is 9.94. The fourth-order valence-electron chi connectivity index (χ4n) is 1.58. The summed E-state index contributed by atoms with van der Waals surface area (Å²) >= 11 is 0. The molecule has 0 amide bonds. The Bertz CT molecular complexity index is 112. The third-order valence-corrected chi connectivity index (χ3v) is 2.25. The van der Waals surface area contributed by atoms with E-state index >= 15 is 0 Å². The molecule has 0 radical (unpaired) electrons. The second kappa shape index (κ2) is 9.79. The quantitative estimate of drug-likeness (QED) is 0.448. The highest BCUT2D eigenvalue weighted by atomic mass is 14.9. The van der Waals surface area contributed by atoms with E-state index in [1.807, 2.05) is 0 Å². The first-order valence-corrected chi connectivity index (χ1v) is 5.69. The lowest BCUT2D eigenvalue weighted by Gasteiger charge is -2.16. The molecule has 0 aromatic heterocycles. The van der Waals surface area contributed by atoms with Crippen molar-refractivity contribution in [1.82, 2.24) is 5.32 Å². The van der Waals surface area contributed by atoms with Crippen LogP contribution < -0.4 is 5.32 Å². The molecule has 0 saturated heterocycles. The lowest BCUT2D eigenvalue weighted by molar-refractivity contribution is 0.448. The molecule has 0 aromatic carbocycles. The average molecular weight is 183 g/mol. The van der Waals surface area contributed by atoms with Crippen LogP contribution in [0.15, 0.2) is 12.2 Å². The molecule has 1 N–H and O–H groups in total. The second-order valence-corrected chi connectivity index (χ2v) is 3.59. The van der Waals surface area contributed by atoms with Crippen molar-refractivity contribution in [2.75, 3.05) is 6.54 Å². The second-order valence-electron chi connectivity index (χ2n) is 3.59. The summed E-state index contributed by atoms with van der Waals surface area (Å²) in [6.07, 6.45) is 10.7. The minimum Gasteiger partial charge on any atom is -0.314 e. The van der Waals surface area contributed by atoms with Crippen LogP contribution in [0.2, 0.25) is 0 Å². The van der Waals surface area contributed by atoms with Crippen molar-refractivity contribution < 1.29 is 0 Å². The molecular weight excluding hydrogens is 158 g/mol. The first kappa shape index (κ1) is 12.7. The zero-order valence-electron chi connectivity index (χ0n) is 9.47. The number of rotatable bonds is 8. The van der Waals surface area contributed by atoms with E-state index < -0.39 is 0 Å². The molecule has 0 spiro atoms. The Labute approximate surface area is 83.6 Å². The summed E-state index contributed by atoms with van der Waals surface area (Å²) in [7, 11) is 0. The summed E-state index contributed by atoms with van der Waals surface area (Å²) in [6, 6.07) is 0.750. The maximum absolute atomic E-state index is 3.61. The molecule has 1 heteroatoms. The molecule has 0 unspecified atom stereocenters. The minimum atomic E-state index is 0.750. The van der Waals surface area contributed by atoms with E-state index in [9.17, 15) is 0 Å². The van der Waals surface area contributed by atoms with Crippen LogP contribution in [0.4, 0.5) is 0 Å². The smallest absolute Gasteiger partial charge is 0.00669 e. The van der Waals surface area contributed by atoms with Gasteiger partial charge in [-0.15, -0.1) is 0 Å². The first-order valence-electron chi connectivity index (χ1n) is 5.69. The highest BCUT2D eigenvalue weighted by Crippen LogP contribution is 2.04. The van der Waals surface area contributed by atoms with E-state index in [1.165, 1.54) is 32.1 Å². The van der Waals surface area contributed by atoms with Crippen molar-refractivity contribution in [3.63, 3.8) is 0 Å². The van der Waals surface area contributed by atoms with E-state index in [2.05, 4.69) is 38.2 Å². The van der Waals surface area contributed by atoms with E-state index in [0.29, 0.717) is 0 Å². The SMILES string of the molecule is C/C=C/CCNC(CCC)CCC. The third kappa shape index (κ3) is 8.04. The van der Waals surface area contributed by atoms with Gasteiger partial charge in [0.15, 0.2) is 0 Å². The van der Waals surface area contributed by atoms with Gasteiger partial charge in [-0.25, -0.2) is 0 Å². The Morgan fingerprint density at radius 3 is 2.23 bits per heavy atom. The standard InChI is InChI=1S/C12H25N/c1-4-7-8-11-13-12(9-5-2)10-6-3/h4,7,12-13H,5-6,8-11H2,1-3H3/b7-4+. The average Bonchev–Trinajstić information content (AvgIpc) is 2.13. The largest absolute Gasteiger partial charge is 0.314 e. The predicted molar refractivity (Wildman–Crippen MR) is 61.0 cm³/mol. The summed E-state index contributed by atoms with van der Waals surface area (Å²) in [5.41, 5.74) is 0. The van der Waals surface area contributed by atoms with Gasteiger partial charge in [0.25, 0.3) is 0 Å². The molecule has 0 saturated carbocycles. The van der Waals surface area contributed by atoms with Gasteiger partial charge in [0, 0.05) is 6.04 Å². The monoisotopic (exact) mass is 183 g/mol. The first-order chi connectivity index (χ1) is 6.35. The third-order valence-electron chi connectivity index (χ3n) is 2.25. The van der Waals surface area contributed by atoms with Gasteiger partial charge in [0.1, 0.15) is 0 Å². The van der Waals surface area contributed by atoms with Crippen molar-refractivity contribution in [3.05, 3.63) is 12.2 Å². The molecule has 0 rings (SSSR count). The van der Waals surface area contributed by atoms with E-state index in [-0.39, 0.29) is 0 Å². The number of nitrogens with one attached hydrogen (secondary N) is 1. The summed E-state index contributed by atoms with van der Waals surface area (Å²) in [5, 5.41) is 3.61. The molecule has 0 aliphatic carbocycles. The van der Waals surface area contributed by atoms with Crippen LogP contribution in [0.25, 0.3) is 0 Å². The maximum atomic E-state index is 3.61. The molecule has 0 heterocycles. The zero-order valence-corrected chi connectivity index (χ0v) is 9.47. The number of hydrogen-bond acceptors (Lipinski definition) is 1. The molecule has 0 atom stereocenters. The molecule has 1 nitrogen and oxygen atoms in total. The van der Waals surface area contributed by atoms with Crippen molar-refractivity contribution >= 4 is 0 Å². The van der Waals surface area contributed by atoms with Gasteiger partial charge in [-0.05, 0) is 32.7 Å². The normalized spacial score (nSPS) is 11.7. The van der Waals surface area contributed by atoms with Gasteiger partial charge in [-0.3, -0.25) is 0 Å². The van der Waals surface area contributed by atoms with Crippen LogP contribution in [0, 0.1) is 0 Å². The molecule has 0 aromatic rings. The molecule has 78 valence electrons. The van der Waals surface area contributed by atoms with Crippen LogP contribution in [0.5, 0.6) is 0 Å². The predicted octanol–water partition coefficient (Wildman–Crippen LogP) is 3.51. The van der Waals surface area contributed by atoms with Gasteiger partial charge in [-0.2, -0.15) is 0 Å². The lowest BCUT2D eigenvalue weighted by Crippen LogP contribution is -2.29. The molecule has 0 fully saturated rings. The fourth-order valence-corrected chi connectivity index (χ4v) is 1.58. The van der Waals surface area contributed by atoms with Crippen molar-refractivity contribution in [1.29, 1.82) is 0 Å². The van der Waals surface area contributed by atoms with Crippen LogP contribution in [-0.2, 0) is 0 Å². The van der Waals surface area contributed by atoms with E-state index in [0.717, 1.165) is 12.6 Å². The van der Waals surface area contributed by atoms with Crippen LogP contribution in [0.1, 0.15) is 52.9 Å².